The third kappa shape index (κ3) is 3.62. The second-order valence-corrected chi connectivity index (χ2v) is 6.80. The summed E-state index contributed by atoms with van der Waals surface area (Å²) in [7, 11) is 0. The highest BCUT2D eigenvalue weighted by molar-refractivity contribution is 6.25. The maximum Gasteiger partial charge on any atom is 0.233 e. The number of allylic oxidation sites excluding steroid dienone is 2. The summed E-state index contributed by atoms with van der Waals surface area (Å²) in [6.07, 6.45) is 0. The van der Waals surface area contributed by atoms with E-state index in [0.717, 1.165) is 6.07 Å². The molecule has 3 aromatic carbocycles. The van der Waals surface area contributed by atoms with Gasteiger partial charge in [0.2, 0.25) is 23.1 Å². The van der Waals surface area contributed by atoms with E-state index in [0.29, 0.717) is 18.2 Å². The van der Waals surface area contributed by atoms with Gasteiger partial charge in [0.15, 0.2) is 29.0 Å². The van der Waals surface area contributed by atoms with Crippen molar-refractivity contribution in [2.45, 2.75) is 6.92 Å². The molecule has 0 aliphatic heterocycles. The molecule has 0 radical (unpaired) electrons. The fourth-order valence-corrected chi connectivity index (χ4v) is 3.16. The molecule has 0 N–H and O–H groups in total. The first-order valence-corrected chi connectivity index (χ1v) is 9.06. The number of fused-ring (bicyclic) bond motifs is 1. The normalized spacial score (nSPS) is 13.3. The molecular weight excluding hydrogens is 435 g/mol. The molecule has 0 fully saturated rings. The fourth-order valence-electron chi connectivity index (χ4n) is 3.16. The molecule has 0 saturated heterocycles. The van der Waals surface area contributed by atoms with E-state index in [-0.39, 0.29) is 16.7 Å². The van der Waals surface area contributed by atoms with E-state index in [4.69, 9.17) is 9.47 Å². The van der Waals surface area contributed by atoms with Crippen molar-refractivity contribution in [3.05, 3.63) is 106 Å². The number of benzene rings is 3. The summed E-state index contributed by atoms with van der Waals surface area (Å²) in [5.74, 6) is -11.8. The lowest BCUT2D eigenvalue weighted by atomic mass is 9.92. The zero-order chi connectivity index (χ0) is 23.2. The van der Waals surface area contributed by atoms with Crippen LogP contribution in [-0.2, 0) is 0 Å². The van der Waals surface area contributed by atoms with Crippen LogP contribution in [0.25, 0.3) is 0 Å². The Morgan fingerprint density at radius 3 is 1.50 bits per heavy atom. The molecule has 162 valence electrons. The smallest absolute Gasteiger partial charge is 0.233 e. The van der Waals surface area contributed by atoms with Gasteiger partial charge in [-0.25, -0.2) is 22.0 Å². The molecule has 0 unspecified atom stereocenters. The molecule has 0 aromatic heterocycles. The Morgan fingerprint density at radius 1 is 0.625 bits per heavy atom. The van der Waals surface area contributed by atoms with Crippen molar-refractivity contribution >= 4 is 11.6 Å². The second-order valence-electron chi connectivity index (χ2n) is 6.80. The van der Waals surface area contributed by atoms with Crippen molar-refractivity contribution in [3.8, 4) is 11.5 Å². The molecule has 0 atom stereocenters. The fraction of sp³-hybridized carbons (Fsp3) is 0.0435. The van der Waals surface area contributed by atoms with Crippen LogP contribution in [0.4, 0.5) is 22.0 Å². The Bertz CT molecular complexity index is 1180. The van der Waals surface area contributed by atoms with Crippen molar-refractivity contribution in [2.75, 3.05) is 0 Å². The summed E-state index contributed by atoms with van der Waals surface area (Å²) in [5.41, 5.74) is -0.341. The molecule has 1 aliphatic rings. The molecular formula is C23H11F5O4. The molecule has 0 spiro atoms. The first kappa shape index (κ1) is 21.2. The highest BCUT2D eigenvalue weighted by Crippen LogP contribution is 2.34. The molecule has 0 saturated carbocycles. The Kier molecular flexibility index (Phi) is 5.25. The average Bonchev–Trinajstić information content (AvgIpc) is 2.72. The Hall–Kier alpha value is -4.01. The largest absolute Gasteiger partial charge is 0.446 e. The van der Waals surface area contributed by atoms with Crippen molar-refractivity contribution in [1.82, 2.24) is 0 Å². The van der Waals surface area contributed by atoms with Crippen LogP contribution < -0.4 is 9.47 Å². The van der Waals surface area contributed by atoms with Gasteiger partial charge in [-0.1, -0.05) is 24.3 Å². The third-order valence-corrected chi connectivity index (χ3v) is 4.60. The van der Waals surface area contributed by atoms with Crippen LogP contribution in [0.1, 0.15) is 26.3 Å². The zero-order valence-corrected chi connectivity index (χ0v) is 16.1. The number of rotatable bonds is 4. The molecule has 9 heteroatoms. The Labute approximate surface area is 177 Å². The van der Waals surface area contributed by atoms with Gasteiger partial charge < -0.3 is 9.47 Å². The van der Waals surface area contributed by atoms with E-state index in [2.05, 4.69) is 0 Å². The number of carbonyl (C=O) groups excluding carboxylic acids is 2. The highest BCUT2D eigenvalue weighted by atomic mass is 19.2. The zero-order valence-electron chi connectivity index (χ0n) is 16.1. The lowest BCUT2D eigenvalue weighted by Gasteiger charge is -2.22. The minimum absolute atomic E-state index is 0.0624. The van der Waals surface area contributed by atoms with Crippen LogP contribution in [0.3, 0.4) is 0 Å². The quantitative estimate of drug-likeness (QED) is 0.501. The van der Waals surface area contributed by atoms with E-state index in [1.165, 1.54) is 31.2 Å². The molecule has 1 aliphatic carbocycles. The number of hydrogen-bond donors (Lipinski definition) is 0. The van der Waals surface area contributed by atoms with Gasteiger partial charge in [0, 0.05) is 29.3 Å². The van der Waals surface area contributed by atoms with Gasteiger partial charge in [-0.15, -0.1) is 0 Å². The maximum absolute atomic E-state index is 14.3. The Morgan fingerprint density at radius 2 is 1.03 bits per heavy atom. The minimum Gasteiger partial charge on any atom is -0.446 e. The van der Waals surface area contributed by atoms with Gasteiger partial charge in [-0.05, 0) is 18.6 Å². The summed E-state index contributed by atoms with van der Waals surface area (Å²) in [6.45, 7) is 1.28. The van der Waals surface area contributed by atoms with Gasteiger partial charge in [0.1, 0.15) is 11.6 Å². The number of hydrogen-bond acceptors (Lipinski definition) is 4. The molecule has 0 amide bonds. The topological polar surface area (TPSA) is 52.6 Å². The molecule has 3 aromatic rings. The maximum atomic E-state index is 14.3. The third-order valence-electron chi connectivity index (χ3n) is 4.60. The summed E-state index contributed by atoms with van der Waals surface area (Å²) in [6, 6.07) is 7.50. The van der Waals surface area contributed by atoms with Gasteiger partial charge >= 0.3 is 0 Å². The van der Waals surface area contributed by atoms with Crippen LogP contribution in [-0.4, -0.2) is 11.6 Å². The van der Waals surface area contributed by atoms with Crippen molar-refractivity contribution in [1.29, 1.82) is 0 Å². The van der Waals surface area contributed by atoms with Gasteiger partial charge in [-0.3, -0.25) is 9.59 Å². The van der Waals surface area contributed by atoms with Crippen molar-refractivity contribution in [3.63, 3.8) is 0 Å². The number of halogens is 5. The Balaban J connectivity index is 1.90. The van der Waals surface area contributed by atoms with Crippen LogP contribution in [0, 0.1) is 36.0 Å². The summed E-state index contributed by atoms with van der Waals surface area (Å²) >= 11 is 0. The molecule has 0 heterocycles. The van der Waals surface area contributed by atoms with Crippen molar-refractivity contribution < 1.29 is 41.0 Å². The molecule has 0 bridgehead atoms. The number of ketones is 2. The molecule has 4 rings (SSSR count). The van der Waals surface area contributed by atoms with E-state index in [9.17, 15) is 31.5 Å². The van der Waals surface area contributed by atoms with E-state index in [1.807, 2.05) is 0 Å². The summed E-state index contributed by atoms with van der Waals surface area (Å²) in [4.78, 5) is 26.0. The van der Waals surface area contributed by atoms with Crippen molar-refractivity contribution in [2.24, 2.45) is 0 Å². The number of carbonyl (C=O) groups is 2. The van der Waals surface area contributed by atoms with E-state index < -0.39 is 63.7 Å². The van der Waals surface area contributed by atoms with Gasteiger partial charge in [0.05, 0.1) is 0 Å². The van der Waals surface area contributed by atoms with Gasteiger partial charge in [-0.2, -0.15) is 0 Å². The second kappa shape index (κ2) is 7.92. The number of aryl methyl sites for hydroxylation is 1. The predicted molar refractivity (Wildman–Crippen MR) is 101 cm³/mol. The standard InChI is InChI=1S/C23H11F5O4/c1-10-6-11(24)7-15(26)20(10)31-22-18(29)13-4-2-3-5-14(13)19(30)23(22)32-21-16(27)8-12(25)9-17(21)28/h2-9H,1H3. The lowest BCUT2D eigenvalue weighted by molar-refractivity contribution is 0.0892. The molecule has 4 nitrogen and oxygen atoms in total. The van der Waals surface area contributed by atoms with Crippen LogP contribution >= 0.6 is 0 Å². The average molecular weight is 446 g/mol. The monoisotopic (exact) mass is 446 g/mol. The first-order valence-electron chi connectivity index (χ1n) is 9.06. The minimum atomic E-state index is -1.49. The summed E-state index contributed by atoms with van der Waals surface area (Å²) < 4.78 is 79.7. The van der Waals surface area contributed by atoms with Crippen LogP contribution in [0.5, 0.6) is 11.5 Å². The number of Topliss-reactive ketones (excluding diaryl/α,β-unsaturated/α-hetero) is 2. The van der Waals surface area contributed by atoms with E-state index >= 15 is 0 Å². The SMILES string of the molecule is Cc1cc(F)cc(F)c1OC1=C(Oc2c(F)cc(F)cc2F)C(=O)c2ccccc2C1=O. The van der Waals surface area contributed by atoms with Crippen LogP contribution in [0.2, 0.25) is 0 Å². The lowest BCUT2D eigenvalue weighted by Crippen LogP contribution is -2.28. The highest BCUT2D eigenvalue weighted by Gasteiger charge is 2.37. The summed E-state index contributed by atoms with van der Waals surface area (Å²) in [5, 5.41) is 0. The van der Waals surface area contributed by atoms with E-state index in [1.54, 1.807) is 0 Å². The number of ether oxygens (including phenoxy) is 2. The van der Waals surface area contributed by atoms with Crippen LogP contribution in [0.15, 0.2) is 60.0 Å². The molecule has 32 heavy (non-hydrogen) atoms. The van der Waals surface area contributed by atoms with Gasteiger partial charge in [0.25, 0.3) is 0 Å². The first-order chi connectivity index (χ1) is 15.2. The predicted octanol–water partition coefficient (Wildman–Crippen LogP) is 5.44.